The maximum Gasteiger partial charge on any atom is 0.315 e. The average molecular weight is 399 g/mol. The zero-order chi connectivity index (χ0) is 20.2. The summed E-state index contributed by atoms with van der Waals surface area (Å²) in [6.45, 7) is 6.74. The van der Waals surface area contributed by atoms with Crippen LogP contribution in [0.25, 0.3) is 0 Å². The fourth-order valence-corrected chi connectivity index (χ4v) is 5.30. The Bertz CT molecular complexity index is 690. The van der Waals surface area contributed by atoms with Gasteiger partial charge in [-0.25, -0.2) is 4.79 Å². The van der Waals surface area contributed by atoms with Crippen molar-refractivity contribution in [1.29, 1.82) is 0 Å². The molecule has 1 unspecified atom stereocenters. The van der Waals surface area contributed by atoms with Gasteiger partial charge in [0.05, 0.1) is 6.04 Å². The number of piperidine rings is 2. The SMILES string of the molecule is CC(NC(=O)NC1CCN(C2CCN(C)CC2)CC1)c1ccc2c(c1)CCCC2. The second-order valence-corrected chi connectivity index (χ2v) is 9.42. The molecule has 1 aromatic rings. The van der Waals surface area contributed by atoms with Crippen LogP contribution in [0, 0.1) is 0 Å². The minimum Gasteiger partial charge on any atom is -0.335 e. The van der Waals surface area contributed by atoms with Gasteiger partial charge in [0.15, 0.2) is 0 Å². The zero-order valence-corrected chi connectivity index (χ0v) is 18.3. The maximum atomic E-state index is 12.6. The van der Waals surface area contributed by atoms with Gasteiger partial charge in [-0.1, -0.05) is 18.2 Å². The molecule has 29 heavy (non-hydrogen) atoms. The number of hydrogen-bond donors (Lipinski definition) is 2. The monoisotopic (exact) mass is 398 g/mol. The number of benzene rings is 1. The van der Waals surface area contributed by atoms with Gasteiger partial charge < -0.3 is 20.4 Å². The molecule has 0 bridgehead atoms. The number of carbonyl (C=O) groups is 1. The second kappa shape index (κ2) is 9.48. The summed E-state index contributed by atoms with van der Waals surface area (Å²) >= 11 is 0. The highest BCUT2D eigenvalue weighted by Gasteiger charge is 2.28. The normalized spacial score (nSPS) is 23.4. The van der Waals surface area contributed by atoms with Crippen LogP contribution in [0.5, 0.6) is 0 Å². The van der Waals surface area contributed by atoms with Crippen molar-refractivity contribution >= 4 is 6.03 Å². The van der Waals surface area contributed by atoms with Crippen molar-refractivity contribution in [1.82, 2.24) is 20.4 Å². The summed E-state index contributed by atoms with van der Waals surface area (Å²) < 4.78 is 0. The van der Waals surface area contributed by atoms with Gasteiger partial charge in [-0.15, -0.1) is 0 Å². The Kier molecular flexibility index (Phi) is 6.76. The van der Waals surface area contributed by atoms with E-state index in [2.05, 4.69) is 52.6 Å². The molecule has 1 aliphatic carbocycles. The van der Waals surface area contributed by atoms with E-state index in [1.165, 1.54) is 68.3 Å². The van der Waals surface area contributed by atoms with Crippen LogP contribution in [0.4, 0.5) is 4.79 Å². The largest absolute Gasteiger partial charge is 0.335 e. The van der Waals surface area contributed by atoms with E-state index in [0.29, 0.717) is 6.04 Å². The number of nitrogens with one attached hydrogen (secondary N) is 2. The first kappa shape index (κ1) is 20.7. The third-order valence-corrected chi connectivity index (χ3v) is 7.29. The molecule has 3 aliphatic rings. The van der Waals surface area contributed by atoms with Crippen LogP contribution in [-0.4, -0.2) is 61.1 Å². The molecular weight excluding hydrogens is 360 g/mol. The summed E-state index contributed by atoms with van der Waals surface area (Å²) in [5.74, 6) is 0. The van der Waals surface area contributed by atoms with Crippen LogP contribution in [-0.2, 0) is 12.8 Å². The highest BCUT2D eigenvalue weighted by molar-refractivity contribution is 5.74. The fraction of sp³-hybridized carbons (Fsp3) is 0.708. The molecule has 2 amide bonds. The molecule has 1 aromatic carbocycles. The predicted octanol–water partition coefficient (Wildman–Crippen LogP) is 3.48. The van der Waals surface area contributed by atoms with Gasteiger partial charge in [-0.2, -0.15) is 0 Å². The Morgan fingerprint density at radius 1 is 1.00 bits per heavy atom. The van der Waals surface area contributed by atoms with E-state index < -0.39 is 0 Å². The highest BCUT2D eigenvalue weighted by atomic mass is 16.2. The second-order valence-electron chi connectivity index (χ2n) is 9.42. The number of carbonyl (C=O) groups excluding carboxylic acids is 1. The van der Waals surface area contributed by atoms with Crippen molar-refractivity contribution in [2.24, 2.45) is 0 Å². The van der Waals surface area contributed by atoms with E-state index in [0.717, 1.165) is 32.0 Å². The highest BCUT2D eigenvalue weighted by Crippen LogP contribution is 2.25. The zero-order valence-electron chi connectivity index (χ0n) is 18.3. The third kappa shape index (κ3) is 5.32. The number of amides is 2. The molecule has 2 aliphatic heterocycles. The van der Waals surface area contributed by atoms with Crippen molar-refractivity contribution in [3.05, 3.63) is 34.9 Å². The van der Waals surface area contributed by atoms with E-state index in [1.54, 1.807) is 0 Å². The number of aryl methyl sites for hydroxylation is 2. The molecule has 5 nitrogen and oxygen atoms in total. The van der Waals surface area contributed by atoms with Crippen LogP contribution in [0.1, 0.15) is 68.2 Å². The number of nitrogens with zero attached hydrogens (tertiary/aromatic N) is 2. The van der Waals surface area contributed by atoms with Gasteiger partial charge in [0.2, 0.25) is 0 Å². The number of hydrogen-bond acceptors (Lipinski definition) is 3. The Labute approximate surface area is 176 Å². The maximum absolute atomic E-state index is 12.6. The first-order valence-electron chi connectivity index (χ1n) is 11.7. The molecule has 4 rings (SSSR count). The van der Waals surface area contributed by atoms with E-state index >= 15 is 0 Å². The van der Waals surface area contributed by atoms with Gasteiger partial charge >= 0.3 is 6.03 Å². The van der Waals surface area contributed by atoms with Crippen LogP contribution in [0.3, 0.4) is 0 Å². The van der Waals surface area contributed by atoms with Crippen molar-refractivity contribution in [2.45, 2.75) is 76.4 Å². The topological polar surface area (TPSA) is 47.6 Å². The van der Waals surface area contributed by atoms with E-state index in [1.807, 2.05) is 0 Å². The van der Waals surface area contributed by atoms with E-state index in [4.69, 9.17) is 0 Å². The Morgan fingerprint density at radius 3 is 2.41 bits per heavy atom. The fourth-order valence-electron chi connectivity index (χ4n) is 5.30. The van der Waals surface area contributed by atoms with Crippen molar-refractivity contribution in [3.8, 4) is 0 Å². The molecule has 2 saturated heterocycles. The molecular formula is C24H38N4O. The summed E-state index contributed by atoms with van der Waals surface area (Å²) in [5, 5.41) is 6.39. The Balaban J connectivity index is 1.22. The standard InChI is InChI=1S/C24H38N4O/c1-18(20-8-7-19-5-3-4-6-21(19)17-20)25-24(29)26-22-9-15-28(16-10-22)23-11-13-27(2)14-12-23/h7-8,17-18,22-23H,3-6,9-16H2,1-2H3,(H2,25,26,29). The first-order valence-corrected chi connectivity index (χ1v) is 11.7. The predicted molar refractivity (Wildman–Crippen MR) is 118 cm³/mol. The third-order valence-electron chi connectivity index (χ3n) is 7.29. The van der Waals surface area contributed by atoms with Gasteiger partial charge in [-0.05, 0) is 95.1 Å². The number of fused-ring (bicyclic) bond motifs is 1. The molecule has 2 N–H and O–H groups in total. The Hall–Kier alpha value is -1.59. The Morgan fingerprint density at radius 2 is 1.69 bits per heavy atom. The lowest BCUT2D eigenvalue weighted by Gasteiger charge is -2.41. The van der Waals surface area contributed by atoms with Gasteiger partial charge in [-0.3, -0.25) is 0 Å². The lowest BCUT2D eigenvalue weighted by atomic mass is 9.89. The van der Waals surface area contributed by atoms with Gasteiger partial charge in [0.25, 0.3) is 0 Å². The first-order chi connectivity index (χ1) is 14.1. The molecule has 5 heteroatoms. The average Bonchev–Trinajstić information content (AvgIpc) is 2.74. The smallest absolute Gasteiger partial charge is 0.315 e. The molecule has 0 radical (unpaired) electrons. The van der Waals surface area contributed by atoms with E-state index in [9.17, 15) is 4.79 Å². The lowest BCUT2D eigenvalue weighted by molar-refractivity contribution is 0.0933. The molecule has 2 heterocycles. The molecule has 0 aromatic heterocycles. The number of urea groups is 1. The van der Waals surface area contributed by atoms with E-state index in [-0.39, 0.29) is 12.1 Å². The minimum absolute atomic E-state index is 0.0204. The van der Waals surface area contributed by atoms with Gasteiger partial charge in [0.1, 0.15) is 0 Å². The number of likely N-dealkylation sites (tertiary alicyclic amines) is 2. The summed E-state index contributed by atoms with van der Waals surface area (Å²) in [6.07, 6.45) is 9.67. The summed E-state index contributed by atoms with van der Waals surface area (Å²) in [7, 11) is 2.22. The summed E-state index contributed by atoms with van der Waals surface area (Å²) in [6, 6.07) is 7.82. The van der Waals surface area contributed by atoms with Crippen LogP contribution >= 0.6 is 0 Å². The van der Waals surface area contributed by atoms with Crippen molar-refractivity contribution in [3.63, 3.8) is 0 Å². The molecule has 2 fully saturated rings. The number of rotatable bonds is 4. The van der Waals surface area contributed by atoms with Crippen molar-refractivity contribution < 1.29 is 4.79 Å². The quantitative estimate of drug-likeness (QED) is 0.816. The van der Waals surface area contributed by atoms with Crippen LogP contribution in [0.2, 0.25) is 0 Å². The summed E-state index contributed by atoms with van der Waals surface area (Å²) in [5.41, 5.74) is 4.19. The molecule has 0 spiro atoms. The lowest BCUT2D eigenvalue weighted by Crippen LogP contribution is -2.52. The molecule has 160 valence electrons. The van der Waals surface area contributed by atoms with Crippen LogP contribution in [0.15, 0.2) is 18.2 Å². The molecule has 1 atom stereocenters. The van der Waals surface area contributed by atoms with Crippen LogP contribution < -0.4 is 10.6 Å². The molecule has 0 saturated carbocycles. The summed E-state index contributed by atoms with van der Waals surface area (Å²) in [4.78, 5) is 17.6. The van der Waals surface area contributed by atoms with Gasteiger partial charge in [0, 0.05) is 25.2 Å². The van der Waals surface area contributed by atoms with Crippen molar-refractivity contribution in [2.75, 3.05) is 33.2 Å². The minimum atomic E-state index is -0.0204.